The van der Waals surface area contributed by atoms with Gasteiger partial charge in [-0.1, -0.05) is 51.1 Å². The summed E-state index contributed by atoms with van der Waals surface area (Å²) >= 11 is 0. The number of aliphatic hydroxyl groups excluding tert-OH is 1. The van der Waals surface area contributed by atoms with Gasteiger partial charge in [0.05, 0.1) is 32.5 Å². The Morgan fingerprint density at radius 3 is 2.58 bits per heavy atom. The van der Waals surface area contributed by atoms with Gasteiger partial charge in [0.1, 0.15) is 0 Å². The number of rotatable bonds is 7. The van der Waals surface area contributed by atoms with Crippen LogP contribution in [0.25, 0.3) is 0 Å². The van der Waals surface area contributed by atoms with Gasteiger partial charge < -0.3 is 24.4 Å². The summed E-state index contributed by atoms with van der Waals surface area (Å²) in [5.41, 5.74) is 1.01. The zero-order valence-electron chi connectivity index (χ0n) is 15.9. The van der Waals surface area contributed by atoms with E-state index in [0.717, 1.165) is 5.56 Å². The highest BCUT2D eigenvalue weighted by Gasteiger charge is 2.51. The van der Waals surface area contributed by atoms with Crippen LogP contribution in [0.3, 0.4) is 0 Å². The highest BCUT2D eigenvalue weighted by Crippen LogP contribution is 2.40. The molecule has 2 unspecified atom stereocenters. The molecule has 0 aromatic heterocycles. The molecule has 0 saturated carbocycles. The highest BCUT2D eigenvalue weighted by atomic mass is 16.7. The van der Waals surface area contributed by atoms with Gasteiger partial charge >= 0.3 is 5.97 Å². The standard InChI is InChI=1S/C20H30O6/c1-13-10-20(23,19(22)24-4)26-18(14(13)2)15(3)17(11-21)25-12-16-8-6-5-7-9-16/h5-9,13-15,17-18,21,23H,10-12H2,1-4H3/t13-,14-,15-,17-,18?,20?/m1/s1. The molecule has 0 radical (unpaired) electrons. The fourth-order valence-corrected chi connectivity index (χ4v) is 3.56. The monoisotopic (exact) mass is 366 g/mol. The van der Waals surface area contributed by atoms with E-state index in [1.165, 1.54) is 7.11 Å². The summed E-state index contributed by atoms with van der Waals surface area (Å²) in [6.45, 7) is 6.09. The predicted molar refractivity (Wildman–Crippen MR) is 96.1 cm³/mol. The third-order valence-corrected chi connectivity index (χ3v) is 5.44. The molecule has 26 heavy (non-hydrogen) atoms. The fraction of sp³-hybridized carbons (Fsp3) is 0.650. The van der Waals surface area contributed by atoms with Gasteiger partial charge in [-0.3, -0.25) is 0 Å². The van der Waals surface area contributed by atoms with Crippen molar-refractivity contribution in [3.8, 4) is 0 Å². The largest absolute Gasteiger partial charge is 0.465 e. The van der Waals surface area contributed by atoms with Crippen molar-refractivity contribution in [3.63, 3.8) is 0 Å². The van der Waals surface area contributed by atoms with Gasteiger partial charge in [-0.05, 0) is 17.4 Å². The average molecular weight is 366 g/mol. The van der Waals surface area contributed by atoms with Crippen LogP contribution in [0.5, 0.6) is 0 Å². The minimum Gasteiger partial charge on any atom is -0.465 e. The predicted octanol–water partition coefficient (Wildman–Crippen LogP) is 2.12. The smallest absolute Gasteiger partial charge is 0.366 e. The summed E-state index contributed by atoms with van der Waals surface area (Å²) in [6.07, 6.45) is -0.746. The van der Waals surface area contributed by atoms with Crippen LogP contribution >= 0.6 is 0 Å². The van der Waals surface area contributed by atoms with E-state index in [4.69, 9.17) is 14.2 Å². The summed E-state index contributed by atoms with van der Waals surface area (Å²) < 4.78 is 16.4. The number of hydrogen-bond donors (Lipinski definition) is 2. The molecule has 1 saturated heterocycles. The Balaban J connectivity index is 2.10. The zero-order valence-corrected chi connectivity index (χ0v) is 15.9. The summed E-state index contributed by atoms with van der Waals surface area (Å²) in [4.78, 5) is 12.0. The number of ether oxygens (including phenoxy) is 3. The maximum absolute atomic E-state index is 12.0. The molecule has 0 spiro atoms. The Kier molecular flexibility index (Phi) is 7.17. The van der Waals surface area contributed by atoms with E-state index in [2.05, 4.69) is 0 Å². The van der Waals surface area contributed by atoms with Gasteiger partial charge in [0.15, 0.2) is 0 Å². The van der Waals surface area contributed by atoms with E-state index in [-0.39, 0.29) is 30.8 Å². The molecule has 1 aromatic carbocycles. The first kappa shape index (κ1) is 20.8. The van der Waals surface area contributed by atoms with E-state index < -0.39 is 24.0 Å². The molecule has 0 bridgehead atoms. The van der Waals surface area contributed by atoms with Gasteiger partial charge in [0.2, 0.25) is 0 Å². The number of methoxy groups -OCH3 is 1. The van der Waals surface area contributed by atoms with Crippen molar-refractivity contribution in [2.24, 2.45) is 17.8 Å². The SMILES string of the molecule is COC(=O)C1(O)C[C@@H](C)[C@@H](C)C([C@H](C)[C@@H](CO)OCc2ccccc2)O1. The van der Waals surface area contributed by atoms with Crippen LogP contribution in [0, 0.1) is 17.8 Å². The summed E-state index contributed by atoms with van der Waals surface area (Å²) in [7, 11) is 1.23. The molecule has 6 nitrogen and oxygen atoms in total. The summed E-state index contributed by atoms with van der Waals surface area (Å²) in [5, 5.41) is 20.4. The van der Waals surface area contributed by atoms with Crippen LogP contribution < -0.4 is 0 Å². The van der Waals surface area contributed by atoms with Crippen LogP contribution in [0.4, 0.5) is 0 Å². The second-order valence-corrected chi connectivity index (χ2v) is 7.28. The van der Waals surface area contributed by atoms with E-state index >= 15 is 0 Å². The molecular formula is C20H30O6. The highest BCUT2D eigenvalue weighted by molar-refractivity contribution is 5.77. The van der Waals surface area contributed by atoms with Gasteiger partial charge in [-0.15, -0.1) is 0 Å². The van der Waals surface area contributed by atoms with E-state index in [9.17, 15) is 15.0 Å². The number of esters is 1. The molecule has 6 atom stereocenters. The van der Waals surface area contributed by atoms with Gasteiger partial charge in [-0.2, -0.15) is 0 Å². The first-order valence-electron chi connectivity index (χ1n) is 9.07. The van der Waals surface area contributed by atoms with E-state index in [1.807, 2.05) is 51.1 Å². The van der Waals surface area contributed by atoms with Crippen molar-refractivity contribution < 1.29 is 29.2 Å². The van der Waals surface area contributed by atoms with Crippen LogP contribution in [0.2, 0.25) is 0 Å². The molecule has 2 rings (SSSR count). The third-order valence-electron chi connectivity index (χ3n) is 5.44. The van der Waals surface area contributed by atoms with Crippen LogP contribution in [-0.4, -0.2) is 47.9 Å². The molecule has 1 aliphatic heterocycles. The Morgan fingerprint density at radius 1 is 1.35 bits per heavy atom. The average Bonchev–Trinajstić information content (AvgIpc) is 2.65. The lowest BCUT2D eigenvalue weighted by Crippen LogP contribution is -2.56. The second kappa shape index (κ2) is 8.95. The molecule has 146 valence electrons. The zero-order chi connectivity index (χ0) is 19.3. The summed E-state index contributed by atoms with van der Waals surface area (Å²) in [5.74, 6) is -2.84. The van der Waals surface area contributed by atoms with Crippen LogP contribution in [0.15, 0.2) is 30.3 Å². The molecule has 0 amide bonds. The van der Waals surface area contributed by atoms with E-state index in [0.29, 0.717) is 6.61 Å². The Bertz CT molecular complexity index is 577. The van der Waals surface area contributed by atoms with Crippen LogP contribution in [-0.2, 0) is 25.6 Å². The molecule has 1 aliphatic rings. The Morgan fingerprint density at radius 2 is 2.00 bits per heavy atom. The molecule has 1 aromatic rings. The van der Waals surface area contributed by atoms with Gasteiger partial charge in [0, 0.05) is 12.3 Å². The number of benzene rings is 1. The quantitative estimate of drug-likeness (QED) is 0.719. The minimum absolute atomic E-state index is 0.0498. The van der Waals surface area contributed by atoms with Crippen molar-refractivity contribution in [2.75, 3.05) is 13.7 Å². The molecule has 1 fully saturated rings. The first-order chi connectivity index (χ1) is 12.3. The fourth-order valence-electron chi connectivity index (χ4n) is 3.56. The van der Waals surface area contributed by atoms with Crippen molar-refractivity contribution in [1.82, 2.24) is 0 Å². The number of carbonyl (C=O) groups excluding carboxylic acids is 1. The molecule has 6 heteroatoms. The molecule has 0 aliphatic carbocycles. The third kappa shape index (κ3) is 4.62. The number of hydrogen-bond acceptors (Lipinski definition) is 6. The first-order valence-corrected chi connectivity index (χ1v) is 9.07. The lowest BCUT2D eigenvalue weighted by atomic mass is 9.76. The van der Waals surface area contributed by atoms with Gasteiger partial charge in [-0.25, -0.2) is 4.79 Å². The van der Waals surface area contributed by atoms with Crippen molar-refractivity contribution in [2.45, 2.75) is 51.8 Å². The summed E-state index contributed by atoms with van der Waals surface area (Å²) in [6, 6.07) is 9.71. The molecular weight excluding hydrogens is 336 g/mol. The second-order valence-electron chi connectivity index (χ2n) is 7.28. The maximum atomic E-state index is 12.0. The Labute approximate surface area is 155 Å². The lowest BCUT2D eigenvalue weighted by molar-refractivity contribution is -0.289. The molecule has 2 N–H and O–H groups in total. The Hall–Kier alpha value is -1.47. The number of aliphatic hydroxyl groups is 2. The lowest BCUT2D eigenvalue weighted by Gasteiger charge is -2.45. The maximum Gasteiger partial charge on any atom is 0.366 e. The van der Waals surface area contributed by atoms with Crippen molar-refractivity contribution in [1.29, 1.82) is 0 Å². The van der Waals surface area contributed by atoms with E-state index in [1.54, 1.807) is 0 Å². The van der Waals surface area contributed by atoms with Crippen LogP contribution in [0.1, 0.15) is 32.8 Å². The minimum atomic E-state index is -1.96. The van der Waals surface area contributed by atoms with Crippen molar-refractivity contribution in [3.05, 3.63) is 35.9 Å². The van der Waals surface area contributed by atoms with Crippen molar-refractivity contribution >= 4 is 5.97 Å². The topological polar surface area (TPSA) is 85.2 Å². The number of carbonyl (C=O) groups is 1. The normalized spacial score (nSPS) is 31.2. The molecule has 1 heterocycles. The van der Waals surface area contributed by atoms with Gasteiger partial charge in [0.25, 0.3) is 5.79 Å².